The fourth-order valence-electron chi connectivity index (χ4n) is 2.15. The summed E-state index contributed by atoms with van der Waals surface area (Å²) in [5.41, 5.74) is 0.669. The predicted octanol–water partition coefficient (Wildman–Crippen LogP) is 2.96. The molecular formula is C16H15N3OS. The summed E-state index contributed by atoms with van der Waals surface area (Å²) in [6, 6.07) is 15.2. The van der Waals surface area contributed by atoms with Crippen molar-refractivity contribution in [2.75, 3.05) is 6.54 Å². The fourth-order valence-corrected chi connectivity index (χ4v) is 2.97. The SMILES string of the molecule is O=C(NC[C@H](c1cccs1)n1cccn1)c1ccccc1. The van der Waals surface area contributed by atoms with Crippen LogP contribution in [0.2, 0.25) is 0 Å². The van der Waals surface area contributed by atoms with Crippen LogP contribution in [0.15, 0.2) is 66.3 Å². The van der Waals surface area contributed by atoms with Gasteiger partial charge in [0.15, 0.2) is 0 Å². The van der Waals surface area contributed by atoms with Crippen molar-refractivity contribution in [2.45, 2.75) is 6.04 Å². The zero-order valence-electron chi connectivity index (χ0n) is 11.3. The molecule has 1 amide bonds. The maximum absolute atomic E-state index is 12.2. The van der Waals surface area contributed by atoms with Crippen LogP contribution in [0.5, 0.6) is 0 Å². The second-order valence-corrected chi connectivity index (χ2v) is 5.57. The summed E-state index contributed by atoms with van der Waals surface area (Å²) in [7, 11) is 0. The van der Waals surface area contributed by atoms with E-state index in [4.69, 9.17) is 0 Å². The van der Waals surface area contributed by atoms with Crippen LogP contribution in [0.3, 0.4) is 0 Å². The Kier molecular flexibility index (Phi) is 4.12. The molecule has 0 saturated carbocycles. The van der Waals surface area contributed by atoms with Gasteiger partial charge in [-0.1, -0.05) is 24.3 Å². The molecule has 21 heavy (non-hydrogen) atoms. The molecule has 5 heteroatoms. The van der Waals surface area contributed by atoms with Gasteiger partial charge in [0, 0.05) is 29.4 Å². The van der Waals surface area contributed by atoms with Gasteiger partial charge in [-0.25, -0.2) is 0 Å². The van der Waals surface area contributed by atoms with Gasteiger partial charge >= 0.3 is 0 Å². The topological polar surface area (TPSA) is 46.9 Å². The van der Waals surface area contributed by atoms with Gasteiger partial charge in [0.2, 0.25) is 0 Å². The van der Waals surface area contributed by atoms with Crippen molar-refractivity contribution in [1.82, 2.24) is 15.1 Å². The number of carbonyl (C=O) groups is 1. The minimum atomic E-state index is -0.0655. The number of hydrogen-bond donors (Lipinski definition) is 1. The molecule has 3 aromatic rings. The number of benzene rings is 1. The second kappa shape index (κ2) is 6.37. The maximum Gasteiger partial charge on any atom is 0.251 e. The summed E-state index contributed by atoms with van der Waals surface area (Å²) in [5, 5.41) is 9.31. The van der Waals surface area contributed by atoms with Crippen molar-refractivity contribution >= 4 is 17.2 Å². The standard InChI is InChI=1S/C16H15N3OS/c20-16(13-6-2-1-3-7-13)17-12-14(15-8-4-11-21-15)19-10-5-9-18-19/h1-11,14H,12H2,(H,17,20)/t14-/m1/s1. The van der Waals surface area contributed by atoms with Crippen molar-refractivity contribution in [3.05, 3.63) is 76.7 Å². The van der Waals surface area contributed by atoms with E-state index in [9.17, 15) is 4.79 Å². The minimum Gasteiger partial charge on any atom is -0.350 e. The monoisotopic (exact) mass is 297 g/mol. The molecule has 2 aromatic heterocycles. The van der Waals surface area contributed by atoms with Gasteiger partial charge in [-0.15, -0.1) is 11.3 Å². The second-order valence-electron chi connectivity index (χ2n) is 4.59. The Morgan fingerprint density at radius 1 is 1.19 bits per heavy atom. The molecule has 0 aliphatic heterocycles. The molecule has 4 nitrogen and oxygen atoms in total. The third kappa shape index (κ3) is 3.20. The summed E-state index contributed by atoms with van der Waals surface area (Å²) in [5.74, 6) is -0.0655. The number of amides is 1. The number of nitrogens with zero attached hydrogens (tertiary/aromatic N) is 2. The lowest BCUT2D eigenvalue weighted by Gasteiger charge is -2.17. The summed E-state index contributed by atoms with van der Waals surface area (Å²) >= 11 is 1.66. The van der Waals surface area contributed by atoms with Crippen LogP contribution in [0.25, 0.3) is 0 Å². The average molecular weight is 297 g/mol. The van der Waals surface area contributed by atoms with Crippen LogP contribution in [-0.2, 0) is 0 Å². The molecule has 106 valence electrons. The van der Waals surface area contributed by atoms with E-state index in [-0.39, 0.29) is 11.9 Å². The van der Waals surface area contributed by atoms with Gasteiger partial charge in [-0.05, 0) is 29.6 Å². The first-order valence-electron chi connectivity index (χ1n) is 6.70. The van der Waals surface area contributed by atoms with E-state index in [1.54, 1.807) is 17.5 Å². The predicted molar refractivity (Wildman–Crippen MR) is 83.5 cm³/mol. The molecular weight excluding hydrogens is 282 g/mol. The van der Waals surface area contributed by atoms with Crippen molar-refractivity contribution in [2.24, 2.45) is 0 Å². The highest BCUT2D eigenvalue weighted by atomic mass is 32.1. The number of carbonyl (C=O) groups excluding carboxylic acids is 1. The number of hydrogen-bond acceptors (Lipinski definition) is 3. The third-order valence-corrected chi connectivity index (χ3v) is 4.18. The molecule has 0 radical (unpaired) electrons. The normalized spacial score (nSPS) is 12.0. The quantitative estimate of drug-likeness (QED) is 0.787. The van der Waals surface area contributed by atoms with Crippen LogP contribution in [0, 0.1) is 0 Å². The Bertz CT molecular complexity index is 643. The molecule has 0 fully saturated rings. The Balaban J connectivity index is 1.73. The largest absolute Gasteiger partial charge is 0.350 e. The molecule has 3 rings (SSSR count). The molecule has 1 atom stereocenters. The molecule has 0 unspecified atom stereocenters. The van der Waals surface area contributed by atoms with E-state index < -0.39 is 0 Å². The maximum atomic E-state index is 12.2. The average Bonchev–Trinajstić information content (AvgIpc) is 3.22. The van der Waals surface area contributed by atoms with Crippen molar-refractivity contribution in [1.29, 1.82) is 0 Å². The summed E-state index contributed by atoms with van der Waals surface area (Å²) in [6.07, 6.45) is 3.67. The molecule has 0 aliphatic rings. The van der Waals surface area contributed by atoms with E-state index in [0.29, 0.717) is 12.1 Å². The summed E-state index contributed by atoms with van der Waals surface area (Å²) in [6.45, 7) is 0.510. The van der Waals surface area contributed by atoms with E-state index in [1.165, 1.54) is 4.88 Å². The zero-order chi connectivity index (χ0) is 14.5. The van der Waals surface area contributed by atoms with Gasteiger partial charge in [0.1, 0.15) is 6.04 Å². The van der Waals surface area contributed by atoms with Crippen LogP contribution < -0.4 is 5.32 Å². The Morgan fingerprint density at radius 2 is 2.05 bits per heavy atom. The first-order valence-corrected chi connectivity index (χ1v) is 7.58. The van der Waals surface area contributed by atoms with E-state index in [2.05, 4.69) is 16.5 Å². The van der Waals surface area contributed by atoms with Gasteiger partial charge < -0.3 is 5.32 Å². The minimum absolute atomic E-state index is 0.0210. The summed E-state index contributed by atoms with van der Waals surface area (Å²) < 4.78 is 1.87. The first-order chi connectivity index (χ1) is 10.3. The van der Waals surface area contributed by atoms with Gasteiger partial charge in [-0.2, -0.15) is 5.10 Å². The number of thiophene rings is 1. The fraction of sp³-hybridized carbons (Fsp3) is 0.125. The number of aromatic nitrogens is 2. The van der Waals surface area contributed by atoms with Crippen molar-refractivity contribution < 1.29 is 4.79 Å². The number of nitrogens with one attached hydrogen (secondary N) is 1. The smallest absolute Gasteiger partial charge is 0.251 e. The number of rotatable bonds is 5. The molecule has 1 aromatic carbocycles. The van der Waals surface area contributed by atoms with Crippen molar-refractivity contribution in [3.8, 4) is 0 Å². The Morgan fingerprint density at radius 3 is 2.71 bits per heavy atom. The van der Waals surface area contributed by atoms with Crippen LogP contribution in [0.4, 0.5) is 0 Å². The highest BCUT2D eigenvalue weighted by molar-refractivity contribution is 7.10. The van der Waals surface area contributed by atoms with Gasteiger partial charge in [0.05, 0.1) is 0 Å². The molecule has 2 heterocycles. The molecule has 1 N–H and O–H groups in total. The Labute approximate surface area is 127 Å². The van der Waals surface area contributed by atoms with E-state index in [1.807, 2.05) is 58.7 Å². The van der Waals surface area contributed by atoms with Crippen LogP contribution in [-0.4, -0.2) is 22.2 Å². The van der Waals surface area contributed by atoms with E-state index >= 15 is 0 Å². The summed E-state index contributed by atoms with van der Waals surface area (Å²) in [4.78, 5) is 13.3. The van der Waals surface area contributed by atoms with Gasteiger partial charge in [0.25, 0.3) is 5.91 Å². The first kappa shape index (κ1) is 13.6. The Hall–Kier alpha value is -2.40. The molecule has 0 bridgehead atoms. The lowest BCUT2D eigenvalue weighted by Crippen LogP contribution is -2.31. The molecule has 0 spiro atoms. The molecule has 0 saturated heterocycles. The lowest BCUT2D eigenvalue weighted by atomic mass is 10.2. The van der Waals surface area contributed by atoms with E-state index in [0.717, 1.165) is 0 Å². The zero-order valence-corrected chi connectivity index (χ0v) is 12.2. The van der Waals surface area contributed by atoms with Crippen LogP contribution in [0.1, 0.15) is 21.3 Å². The third-order valence-electron chi connectivity index (χ3n) is 3.21. The van der Waals surface area contributed by atoms with Crippen LogP contribution >= 0.6 is 11.3 Å². The van der Waals surface area contributed by atoms with Gasteiger partial charge in [-0.3, -0.25) is 9.48 Å². The van der Waals surface area contributed by atoms with Crippen molar-refractivity contribution in [3.63, 3.8) is 0 Å². The highest BCUT2D eigenvalue weighted by Crippen LogP contribution is 2.21. The lowest BCUT2D eigenvalue weighted by molar-refractivity contribution is 0.0949. The highest BCUT2D eigenvalue weighted by Gasteiger charge is 2.16. The molecule has 0 aliphatic carbocycles.